The second-order valence-corrected chi connectivity index (χ2v) is 4.64. The summed E-state index contributed by atoms with van der Waals surface area (Å²) in [6.07, 6.45) is 5.63. The fourth-order valence-corrected chi connectivity index (χ4v) is 1.78. The van der Waals surface area contributed by atoms with Gasteiger partial charge < -0.3 is 15.5 Å². The average molecular weight is 288 g/mol. The first-order valence-corrected chi connectivity index (χ1v) is 6.46. The summed E-state index contributed by atoms with van der Waals surface area (Å²) in [5, 5.41) is 2.67. The van der Waals surface area contributed by atoms with Crippen LogP contribution in [0.3, 0.4) is 0 Å². The molecule has 0 atom stereocenters. The Morgan fingerprint density at radius 3 is 2.86 bits per heavy atom. The average Bonchev–Trinajstić information content (AvgIpc) is 2.92. The lowest BCUT2D eigenvalue weighted by Crippen LogP contribution is -2.23. The number of oxazole rings is 1. The maximum absolute atomic E-state index is 11.7. The number of primary amides is 1. The molecule has 0 spiro atoms. The summed E-state index contributed by atoms with van der Waals surface area (Å²) in [4.78, 5) is 30.5. The van der Waals surface area contributed by atoms with Crippen LogP contribution in [-0.4, -0.2) is 21.8 Å². The standard InChI is InChI=1S/C14H16N4O3/c1-9-4-10(6-16-5-9)2-3-12(19)17-7-13-18-11(8-21-13)14(15)20/h4-6,8H,2-3,7H2,1H3,(H2,15,20)(H,17,19). The normalized spacial score (nSPS) is 10.3. The Bertz CT molecular complexity index is 651. The van der Waals surface area contributed by atoms with Gasteiger partial charge in [-0.25, -0.2) is 4.98 Å². The van der Waals surface area contributed by atoms with E-state index < -0.39 is 5.91 Å². The van der Waals surface area contributed by atoms with Crippen LogP contribution in [0.1, 0.15) is 33.9 Å². The molecule has 3 N–H and O–H groups in total. The molecule has 0 aliphatic heterocycles. The molecule has 21 heavy (non-hydrogen) atoms. The lowest BCUT2D eigenvalue weighted by atomic mass is 10.1. The van der Waals surface area contributed by atoms with Crippen molar-refractivity contribution in [2.75, 3.05) is 0 Å². The molecule has 0 aliphatic carbocycles. The number of rotatable bonds is 6. The predicted molar refractivity (Wildman–Crippen MR) is 74.2 cm³/mol. The van der Waals surface area contributed by atoms with Gasteiger partial charge in [0.25, 0.3) is 5.91 Å². The summed E-state index contributed by atoms with van der Waals surface area (Å²) in [7, 11) is 0. The third-order valence-electron chi connectivity index (χ3n) is 2.81. The van der Waals surface area contributed by atoms with Crippen molar-refractivity contribution in [2.24, 2.45) is 5.73 Å². The molecule has 2 amide bonds. The van der Waals surface area contributed by atoms with Gasteiger partial charge in [-0.05, 0) is 24.5 Å². The van der Waals surface area contributed by atoms with Crippen molar-refractivity contribution in [1.29, 1.82) is 0 Å². The van der Waals surface area contributed by atoms with E-state index in [2.05, 4.69) is 15.3 Å². The first-order valence-electron chi connectivity index (χ1n) is 6.46. The molecule has 0 saturated carbocycles. The molecule has 0 aromatic carbocycles. The van der Waals surface area contributed by atoms with Gasteiger partial charge in [0.2, 0.25) is 11.8 Å². The van der Waals surface area contributed by atoms with Crippen molar-refractivity contribution >= 4 is 11.8 Å². The lowest BCUT2D eigenvalue weighted by molar-refractivity contribution is -0.121. The molecule has 2 aromatic rings. The van der Waals surface area contributed by atoms with Crippen LogP contribution >= 0.6 is 0 Å². The maximum Gasteiger partial charge on any atom is 0.270 e. The molecular formula is C14H16N4O3. The van der Waals surface area contributed by atoms with Crippen LogP contribution in [0.5, 0.6) is 0 Å². The predicted octanol–water partition coefficient (Wildman–Crippen LogP) is 0.726. The molecule has 0 saturated heterocycles. The second kappa shape index (κ2) is 6.65. The SMILES string of the molecule is Cc1cncc(CCC(=O)NCc2nc(C(N)=O)co2)c1. The number of pyridine rings is 1. The summed E-state index contributed by atoms with van der Waals surface area (Å²) >= 11 is 0. The van der Waals surface area contributed by atoms with Gasteiger partial charge in [-0.15, -0.1) is 0 Å². The highest BCUT2D eigenvalue weighted by Gasteiger charge is 2.09. The van der Waals surface area contributed by atoms with E-state index in [9.17, 15) is 9.59 Å². The number of aryl methyl sites for hydroxylation is 2. The number of nitrogens with zero attached hydrogens (tertiary/aromatic N) is 2. The van der Waals surface area contributed by atoms with Gasteiger partial charge in [0.15, 0.2) is 5.69 Å². The molecule has 0 fully saturated rings. The van der Waals surface area contributed by atoms with Crippen molar-refractivity contribution in [2.45, 2.75) is 26.3 Å². The van der Waals surface area contributed by atoms with Gasteiger partial charge in [-0.3, -0.25) is 14.6 Å². The van der Waals surface area contributed by atoms with Gasteiger partial charge in [0, 0.05) is 18.8 Å². The van der Waals surface area contributed by atoms with E-state index in [0.717, 1.165) is 11.1 Å². The first kappa shape index (κ1) is 14.7. The number of nitrogens with one attached hydrogen (secondary N) is 1. The zero-order valence-electron chi connectivity index (χ0n) is 11.6. The summed E-state index contributed by atoms with van der Waals surface area (Å²) in [6.45, 7) is 2.08. The minimum atomic E-state index is -0.664. The number of amides is 2. The number of carbonyl (C=O) groups is 2. The molecule has 2 aromatic heterocycles. The lowest BCUT2D eigenvalue weighted by Gasteiger charge is -2.03. The highest BCUT2D eigenvalue weighted by molar-refractivity contribution is 5.90. The van der Waals surface area contributed by atoms with Crippen LogP contribution in [-0.2, 0) is 17.8 Å². The van der Waals surface area contributed by atoms with Crippen LogP contribution in [0.2, 0.25) is 0 Å². The van der Waals surface area contributed by atoms with Crippen molar-refractivity contribution in [3.63, 3.8) is 0 Å². The summed E-state index contributed by atoms with van der Waals surface area (Å²) < 4.78 is 5.02. The summed E-state index contributed by atoms with van der Waals surface area (Å²) in [5.74, 6) is -0.548. The minimum absolute atomic E-state index is 0.0464. The molecule has 2 rings (SSSR count). The van der Waals surface area contributed by atoms with Gasteiger partial charge in [-0.1, -0.05) is 6.07 Å². The second-order valence-electron chi connectivity index (χ2n) is 4.64. The van der Waals surface area contributed by atoms with E-state index in [0.29, 0.717) is 12.8 Å². The molecule has 0 unspecified atom stereocenters. The number of hydrogen-bond acceptors (Lipinski definition) is 5. The van der Waals surface area contributed by atoms with Gasteiger partial charge >= 0.3 is 0 Å². The van der Waals surface area contributed by atoms with Crippen LogP contribution in [0, 0.1) is 6.92 Å². The monoisotopic (exact) mass is 288 g/mol. The zero-order chi connectivity index (χ0) is 15.2. The first-order chi connectivity index (χ1) is 10.0. The van der Waals surface area contributed by atoms with E-state index in [1.807, 2.05) is 13.0 Å². The van der Waals surface area contributed by atoms with Gasteiger partial charge in [0.1, 0.15) is 6.26 Å². The molecular weight excluding hydrogens is 272 g/mol. The Morgan fingerprint density at radius 1 is 1.38 bits per heavy atom. The highest BCUT2D eigenvalue weighted by Crippen LogP contribution is 2.05. The minimum Gasteiger partial charge on any atom is -0.446 e. The maximum atomic E-state index is 11.7. The summed E-state index contributed by atoms with van der Waals surface area (Å²) in [6, 6.07) is 1.99. The fraction of sp³-hybridized carbons (Fsp3) is 0.286. The molecule has 7 heteroatoms. The smallest absolute Gasteiger partial charge is 0.270 e. The summed E-state index contributed by atoms with van der Waals surface area (Å²) in [5.41, 5.74) is 7.17. The Labute approximate surface area is 121 Å². The Balaban J connectivity index is 1.78. The fourth-order valence-electron chi connectivity index (χ4n) is 1.78. The number of nitrogens with two attached hydrogens (primary N) is 1. The topological polar surface area (TPSA) is 111 Å². The van der Waals surface area contributed by atoms with Crippen molar-refractivity contribution in [3.8, 4) is 0 Å². The largest absolute Gasteiger partial charge is 0.446 e. The highest BCUT2D eigenvalue weighted by atomic mass is 16.3. The Hall–Kier alpha value is -2.70. The zero-order valence-corrected chi connectivity index (χ0v) is 11.6. The molecule has 0 bridgehead atoms. The van der Waals surface area contributed by atoms with Crippen molar-refractivity contribution in [1.82, 2.24) is 15.3 Å². The third kappa shape index (κ3) is 4.41. The van der Waals surface area contributed by atoms with Crippen LogP contribution in [0.15, 0.2) is 29.1 Å². The molecule has 110 valence electrons. The van der Waals surface area contributed by atoms with Crippen molar-refractivity contribution in [3.05, 3.63) is 47.4 Å². The molecule has 0 aliphatic rings. The number of hydrogen-bond donors (Lipinski definition) is 2. The van der Waals surface area contributed by atoms with Crippen molar-refractivity contribution < 1.29 is 14.0 Å². The quantitative estimate of drug-likeness (QED) is 0.813. The van der Waals surface area contributed by atoms with E-state index in [-0.39, 0.29) is 24.0 Å². The Morgan fingerprint density at radius 2 is 2.19 bits per heavy atom. The molecule has 7 nitrogen and oxygen atoms in total. The third-order valence-corrected chi connectivity index (χ3v) is 2.81. The molecule has 2 heterocycles. The van der Waals surface area contributed by atoms with E-state index in [1.54, 1.807) is 12.4 Å². The van der Waals surface area contributed by atoms with E-state index >= 15 is 0 Å². The van der Waals surface area contributed by atoms with Crippen LogP contribution in [0.4, 0.5) is 0 Å². The van der Waals surface area contributed by atoms with Crippen LogP contribution in [0.25, 0.3) is 0 Å². The number of aromatic nitrogens is 2. The molecule has 0 radical (unpaired) electrons. The Kier molecular flexibility index (Phi) is 4.65. The van der Waals surface area contributed by atoms with Crippen LogP contribution < -0.4 is 11.1 Å². The van der Waals surface area contributed by atoms with Gasteiger partial charge in [0.05, 0.1) is 6.54 Å². The van der Waals surface area contributed by atoms with E-state index in [4.69, 9.17) is 10.2 Å². The number of carbonyl (C=O) groups excluding carboxylic acids is 2. The van der Waals surface area contributed by atoms with Gasteiger partial charge in [-0.2, -0.15) is 0 Å². The van der Waals surface area contributed by atoms with E-state index in [1.165, 1.54) is 6.26 Å².